The van der Waals surface area contributed by atoms with Gasteiger partial charge in [0.1, 0.15) is 0 Å². The van der Waals surface area contributed by atoms with E-state index in [1.807, 2.05) is 0 Å². The molecule has 1 aromatic rings. The zero-order valence-corrected chi connectivity index (χ0v) is 10.7. The first-order valence-corrected chi connectivity index (χ1v) is 5.85. The van der Waals surface area contributed by atoms with Crippen molar-refractivity contribution < 1.29 is 9.90 Å². The van der Waals surface area contributed by atoms with E-state index in [1.54, 1.807) is 5.56 Å². The van der Waals surface area contributed by atoms with Crippen LogP contribution in [-0.4, -0.2) is 11.1 Å². The smallest absolute Gasteiger partial charge is 0.300 e. The Labute approximate surface area is 98.3 Å². The zero-order valence-electron chi connectivity index (χ0n) is 10.7. The van der Waals surface area contributed by atoms with E-state index in [2.05, 4.69) is 39.0 Å². The molecule has 0 atom stereocenters. The number of benzene rings is 1. The first-order chi connectivity index (χ1) is 7.56. The van der Waals surface area contributed by atoms with E-state index in [-0.39, 0.29) is 0 Å². The van der Waals surface area contributed by atoms with Crippen LogP contribution in [0.25, 0.3) is 0 Å². The third-order valence-electron chi connectivity index (χ3n) is 2.49. The fourth-order valence-electron chi connectivity index (χ4n) is 1.80. The topological polar surface area (TPSA) is 37.3 Å². The van der Waals surface area contributed by atoms with Gasteiger partial charge in [-0.15, -0.1) is 0 Å². The van der Waals surface area contributed by atoms with Crippen LogP contribution in [0.1, 0.15) is 44.4 Å². The summed E-state index contributed by atoms with van der Waals surface area (Å²) in [6, 6.07) is 6.67. The third kappa shape index (κ3) is 4.96. The molecule has 0 amide bonds. The van der Waals surface area contributed by atoms with E-state index in [0.29, 0.717) is 0 Å². The SMILES string of the molecule is CC(=O)O.CCc1cccc(CC)c1CC. The molecule has 0 radical (unpaired) electrons. The number of carbonyl (C=O) groups is 1. The molecule has 0 saturated carbocycles. The van der Waals surface area contributed by atoms with Gasteiger partial charge in [0.2, 0.25) is 0 Å². The summed E-state index contributed by atoms with van der Waals surface area (Å²) in [4.78, 5) is 9.00. The maximum Gasteiger partial charge on any atom is 0.300 e. The summed E-state index contributed by atoms with van der Waals surface area (Å²) < 4.78 is 0. The largest absolute Gasteiger partial charge is 0.481 e. The number of hydrogen-bond acceptors (Lipinski definition) is 1. The Hall–Kier alpha value is -1.31. The van der Waals surface area contributed by atoms with Gasteiger partial charge >= 0.3 is 0 Å². The Morgan fingerprint density at radius 1 is 1.06 bits per heavy atom. The fourth-order valence-corrected chi connectivity index (χ4v) is 1.80. The van der Waals surface area contributed by atoms with Gasteiger partial charge in [-0.1, -0.05) is 39.0 Å². The lowest BCUT2D eigenvalue weighted by atomic mass is 9.96. The van der Waals surface area contributed by atoms with Crippen LogP contribution in [0.3, 0.4) is 0 Å². The minimum absolute atomic E-state index is 0.833. The summed E-state index contributed by atoms with van der Waals surface area (Å²) in [6.07, 6.45) is 3.50. The van der Waals surface area contributed by atoms with Gasteiger partial charge in [-0.2, -0.15) is 0 Å². The summed E-state index contributed by atoms with van der Waals surface area (Å²) in [5.74, 6) is -0.833. The molecule has 90 valence electrons. The lowest BCUT2D eigenvalue weighted by Crippen LogP contribution is -1.96. The number of carboxylic acid groups (broad SMARTS) is 1. The van der Waals surface area contributed by atoms with Gasteiger partial charge in [0.25, 0.3) is 5.97 Å². The number of aryl methyl sites for hydroxylation is 2. The van der Waals surface area contributed by atoms with Crippen LogP contribution in [0, 0.1) is 0 Å². The van der Waals surface area contributed by atoms with Crippen molar-refractivity contribution in [2.75, 3.05) is 0 Å². The van der Waals surface area contributed by atoms with Gasteiger partial charge < -0.3 is 5.11 Å². The van der Waals surface area contributed by atoms with Crippen LogP contribution in [0.2, 0.25) is 0 Å². The summed E-state index contributed by atoms with van der Waals surface area (Å²) >= 11 is 0. The Bertz CT molecular complexity index is 303. The molecule has 1 rings (SSSR count). The number of hydrogen-bond donors (Lipinski definition) is 1. The van der Waals surface area contributed by atoms with E-state index in [0.717, 1.165) is 19.8 Å². The molecule has 0 aliphatic rings. The second-order valence-electron chi connectivity index (χ2n) is 3.63. The molecule has 16 heavy (non-hydrogen) atoms. The third-order valence-corrected chi connectivity index (χ3v) is 2.49. The molecule has 0 bridgehead atoms. The molecule has 0 aromatic heterocycles. The quantitative estimate of drug-likeness (QED) is 0.850. The summed E-state index contributed by atoms with van der Waals surface area (Å²) in [7, 11) is 0. The van der Waals surface area contributed by atoms with Gasteiger partial charge in [0, 0.05) is 6.92 Å². The molecule has 0 aliphatic carbocycles. The van der Waals surface area contributed by atoms with Crippen molar-refractivity contribution in [2.45, 2.75) is 47.0 Å². The molecule has 0 fully saturated rings. The van der Waals surface area contributed by atoms with E-state index >= 15 is 0 Å². The Morgan fingerprint density at radius 3 is 1.69 bits per heavy atom. The van der Waals surface area contributed by atoms with Crippen molar-refractivity contribution in [1.82, 2.24) is 0 Å². The average Bonchev–Trinajstić information content (AvgIpc) is 2.26. The van der Waals surface area contributed by atoms with Gasteiger partial charge in [-0.05, 0) is 36.0 Å². The van der Waals surface area contributed by atoms with Gasteiger partial charge in [-0.3, -0.25) is 4.79 Å². The van der Waals surface area contributed by atoms with Crippen LogP contribution < -0.4 is 0 Å². The highest BCUT2D eigenvalue weighted by Gasteiger charge is 2.02. The summed E-state index contributed by atoms with van der Waals surface area (Å²) in [6.45, 7) is 7.79. The fraction of sp³-hybridized carbons (Fsp3) is 0.500. The number of aliphatic carboxylic acids is 1. The molecule has 1 N–H and O–H groups in total. The predicted molar refractivity (Wildman–Crippen MR) is 67.9 cm³/mol. The highest BCUT2D eigenvalue weighted by atomic mass is 16.4. The van der Waals surface area contributed by atoms with Crippen molar-refractivity contribution >= 4 is 5.97 Å². The lowest BCUT2D eigenvalue weighted by Gasteiger charge is -2.10. The first-order valence-electron chi connectivity index (χ1n) is 5.85. The average molecular weight is 222 g/mol. The number of rotatable bonds is 3. The van der Waals surface area contributed by atoms with Gasteiger partial charge in [-0.25, -0.2) is 0 Å². The molecule has 0 heterocycles. The monoisotopic (exact) mass is 222 g/mol. The van der Waals surface area contributed by atoms with E-state index in [9.17, 15) is 0 Å². The molecule has 2 nitrogen and oxygen atoms in total. The molecular formula is C14H22O2. The van der Waals surface area contributed by atoms with Crippen LogP contribution in [-0.2, 0) is 24.1 Å². The van der Waals surface area contributed by atoms with Crippen molar-refractivity contribution in [1.29, 1.82) is 0 Å². The molecule has 0 saturated heterocycles. The van der Waals surface area contributed by atoms with Gasteiger partial charge in [0.15, 0.2) is 0 Å². The molecule has 2 heteroatoms. The maximum atomic E-state index is 9.00. The van der Waals surface area contributed by atoms with Crippen LogP contribution in [0.4, 0.5) is 0 Å². The molecule has 0 spiro atoms. The van der Waals surface area contributed by atoms with Crippen molar-refractivity contribution in [3.05, 3.63) is 34.9 Å². The summed E-state index contributed by atoms with van der Waals surface area (Å²) in [5.41, 5.74) is 4.62. The van der Waals surface area contributed by atoms with Crippen molar-refractivity contribution in [3.63, 3.8) is 0 Å². The number of carboxylic acids is 1. The normalized spacial score (nSPS) is 9.25. The van der Waals surface area contributed by atoms with E-state index in [1.165, 1.54) is 17.5 Å². The van der Waals surface area contributed by atoms with E-state index < -0.39 is 5.97 Å². The molecule has 0 unspecified atom stereocenters. The standard InChI is InChI=1S/C12H18.C2H4O2/c1-4-10-8-7-9-11(5-2)12(10)6-3;1-2(3)4/h7-9H,4-6H2,1-3H3;1H3,(H,3,4). The Balaban J connectivity index is 0.000000487. The molecular weight excluding hydrogens is 200 g/mol. The maximum absolute atomic E-state index is 9.00. The van der Waals surface area contributed by atoms with Crippen LogP contribution >= 0.6 is 0 Å². The second-order valence-corrected chi connectivity index (χ2v) is 3.63. The second kappa shape index (κ2) is 7.91. The minimum atomic E-state index is -0.833. The predicted octanol–water partition coefficient (Wildman–Crippen LogP) is 3.46. The van der Waals surface area contributed by atoms with Crippen molar-refractivity contribution in [3.8, 4) is 0 Å². The Morgan fingerprint density at radius 2 is 1.44 bits per heavy atom. The minimum Gasteiger partial charge on any atom is -0.481 e. The highest BCUT2D eigenvalue weighted by Crippen LogP contribution is 2.16. The van der Waals surface area contributed by atoms with Gasteiger partial charge in [0.05, 0.1) is 0 Å². The first kappa shape index (κ1) is 14.7. The molecule has 0 aliphatic heterocycles. The zero-order chi connectivity index (χ0) is 12.6. The Kier molecular flexibility index (Phi) is 7.27. The van der Waals surface area contributed by atoms with Crippen LogP contribution in [0.15, 0.2) is 18.2 Å². The lowest BCUT2D eigenvalue weighted by molar-refractivity contribution is -0.134. The van der Waals surface area contributed by atoms with E-state index in [4.69, 9.17) is 9.90 Å². The van der Waals surface area contributed by atoms with Crippen molar-refractivity contribution in [2.24, 2.45) is 0 Å². The molecule has 1 aromatic carbocycles. The van der Waals surface area contributed by atoms with Crippen LogP contribution in [0.5, 0.6) is 0 Å². The summed E-state index contributed by atoms with van der Waals surface area (Å²) in [5, 5.41) is 7.42. The highest BCUT2D eigenvalue weighted by molar-refractivity contribution is 5.62.